The van der Waals surface area contributed by atoms with E-state index in [2.05, 4.69) is 5.32 Å². The number of hydrogen-bond acceptors (Lipinski definition) is 6. The highest BCUT2D eigenvalue weighted by atomic mass is 32.2. The number of primary sulfonamides is 1. The standard InChI is InChI=1S/C29H25FN4O4S2/c30-24-15-22(40(31,37)38)12-11-20(24)14-23-26(21-8-4-7-19(13-21)17-5-2-1-3-6-17)33-34(27(23)18-9-10-18)29-32-25(16-39-29)28(35)36/h1-8,11-13,15-16,18,29,32H,9-10,14H2,(H,35,36)(H2,31,37,38). The van der Waals surface area contributed by atoms with Gasteiger partial charge in [0.2, 0.25) is 10.0 Å². The van der Waals surface area contributed by atoms with Crippen LogP contribution >= 0.6 is 11.8 Å². The number of aliphatic carboxylic acids is 1. The second kappa shape index (κ2) is 10.2. The lowest BCUT2D eigenvalue weighted by molar-refractivity contribution is -0.133. The Bertz CT molecular complexity index is 1770. The highest BCUT2D eigenvalue weighted by molar-refractivity contribution is 8.02. The highest BCUT2D eigenvalue weighted by Gasteiger charge is 2.36. The van der Waals surface area contributed by atoms with Crippen molar-refractivity contribution < 1.29 is 22.7 Å². The number of carboxylic acids is 1. The van der Waals surface area contributed by atoms with Crippen LogP contribution in [0.15, 0.2) is 88.8 Å². The number of carbonyl (C=O) groups is 1. The fraction of sp³-hybridized carbons (Fsp3) is 0.172. The number of nitrogens with zero attached hydrogens (tertiary/aromatic N) is 2. The Labute approximate surface area is 234 Å². The van der Waals surface area contributed by atoms with Crippen molar-refractivity contribution >= 4 is 27.8 Å². The second-order valence-electron chi connectivity index (χ2n) is 9.82. The van der Waals surface area contributed by atoms with Crippen molar-refractivity contribution in [3.8, 4) is 22.4 Å². The Balaban J connectivity index is 1.49. The monoisotopic (exact) mass is 576 g/mol. The van der Waals surface area contributed by atoms with Gasteiger partial charge in [-0.2, -0.15) is 5.10 Å². The number of sulfonamides is 1. The molecule has 4 aromatic rings. The van der Waals surface area contributed by atoms with E-state index in [1.807, 2.05) is 59.3 Å². The third-order valence-corrected chi connectivity index (χ3v) is 8.88. The van der Waals surface area contributed by atoms with Gasteiger partial charge in [0.05, 0.1) is 10.6 Å². The van der Waals surface area contributed by atoms with E-state index in [9.17, 15) is 18.3 Å². The van der Waals surface area contributed by atoms with Gasteiger partial charge in [0, 0.05) is 34.6 Å². The van der Waals surface area contributed by atoms with Crippen LogP contribution in [0.4, 0.5) is 4.39 Å². The third kappa shape index (κ3) is 5.15. The minimum atomic E-state index is -4.05. The molecule has 2 heterocycles. The minimum Gasteiger partial charge on any atom is -0.477 e. The first-order valence-corrected chi connectivity index (χ1v) is 15.1. The summed E-state index contributed by atoms with van der Waals surface area (Å²) in [5, 5.41) is 24.3. The van der Waals surface area contributed by atoms with E-state index >= 15 is 4.39 Å². The van der Waals surface area contributed by atoms with Gasteiger partial charge in [-0.1, -0.05) is 66.4 Å². The predicted octanol–water partition coefficient (Wildman–Crippen LogP) is 5.19. The van der Waals surface area contributed by atoms with E-state index in [1.54, 1.807) is 5.41 Å². The molecule has 4 N–H and O–H groups in total. The molecule has 0 spiro atoms. The van der Waals surface area contributed by atoms with Crippen LogP contribution in [0.5, 0.6) is 0 Å². The number of aromatic nitrogens is 2. The zero-order valence-electron chi connectivity index (χ0n) is 21.1. The molecule has 1 atom stereocenters. The van der Waals surface area contributed by atoms with E-state index in [4.69, 9.17) is 10.2 Å². The van der Waals surface area contributed by atoms with Gasteiger partial charge in [-0.3, -0.25) is 0 Å². The van der Waals surface area contributed by atoms with Gasteiger partial charge >= 0.3 is 5.97 Å². The molecule has 1 aromatic heterocycles. The van der Waals surface area contributed by atoms with Gasteiger partial charge in [-0.05, 0) is 47.7 Å². The highest BCUT2D eigenvalue weighted by Crippen LogP contribution is 2.47. The van der Waals surface area contributed by atoms with Gasteiger partial charge in [-0.25, -0.2) is 27.4 Å². The summed E-state index contributed by atoms with van der Waals surface area (Å²) in [4.78, 5) is 11.3. The quantitative estimate of drug-likeness (QED) is 0.263. The van der Waals surface area contributed by atoms with E-state index in [0.29, 0.717) is 11.3 Å². The van der Waals surface area contributed by atoms with Gasteiger partial charge in [0.1, 0.15) is 11.5 Å². The van der Waals surface area contributed by atoms with Crippen LogP contribution in [-0.4, -0.2) is 29.3 Å². The van der Waals surface area contributed by atoms with Crippen molar-refractivity contribution in [1.29, 1.82) is 0 Å². The smallest absolute Gasteiger partial charge is 0.352 e. The Morgan fingerprint density at radius 3 is 2.42 bits per heavy atom. The average molecular weight is 577 g/mol. The van der Waals surface area contributed by atoms with E-state index in [1.165, 1.54) is 23.9 Å². The van der Waals surface area contributed by atoms with Crippen molar-refractivity contribution in [3.05, 3.63) is 107 Å². The second-order valence-corrected chi connectivity index (χ2v) is 12.3. The molecule has 2 aliphatic rings. The average Bonchev–Trinajstić information content (AvgIpc) is 3.52. The molecular formula is C29H25FN4O4S2. The van der Waals surface area contributed by atoms with E-state index in [0.717, 1.165) is 46.9 Å². The summed E-state index contributed by atoms with van der Waals surface area (Å²) in [7, 11) is -4.05. The summed E-state index contributed by atoms with van der Waals surface area (Å²) >= 11 is 1.31. The number of nitrogens with one attached hydrogen (secondary N) is 1. The first-order valence-electron chi connectivity index (χ1n) is 12.6. The Hall–Kier alpha value is -3.93. The molecule has 11 heteroatoms. The zero-order chi connectivity index (χ0) is 28.0. The molecule has 0 bridgehead atoms. The third-order valence-electron chi connectivity index (χ3n) is 7.02. The van der Waals surface area contributed by atoms with Crippen molar-refractivity contribution in [2.75, 3.05) is 0 Å². The number of carboxylic acid groups (broad SMARTS) is 1. The molecular weight excluding hydrogens is 551 g/mol. The number of nitrogens with two attached hydrogens (primary N) is 1. The molecule has 204 valence electrons. The Morgan fingerprint density at radius 2 is 1.77 bits per heavy atom. The SMILES string of the molecule is NS(=O)(=O)c1ccc(Cc2c(-c3cccc(-c4ccccc4)c3)nn(C3NC(C(=O)O)=CS3)c2C2CC2)c(F)c1. The Morgan fingerprint density at radius 1 is 1.05 bits per heavy atom. The zero-order valence-corrected chi connectivity index (χ0v) is 22.8. The fourth-order valence-corrected chi connectivity index (χ4v) is 6.37. The Kier molecular flexibility index (Phi) is 6.73. The van der Waals surface area contributed by atoms with Crippen molar-refractivity contribution in [2.24, 2.45) is 5.14 Å². The molecule has 1 unspecified atom stereocenters. The molecule has 0 radical (unpaired) electrons. The van der Waals surface area contributed by atoms with Crippen LogP contribution in [0, 0.1) is 5.82 Å². The largest absolute Gasteiger partial charge is 0.477 e. The summed E-state index contributed by atoms with van der Waals surface area (Å²) < 4.78 is 40.6. The molecule has 40 heavy (non-hydrogen) atoms. The number of halogens is 1. The molecule has 8 nitrogen and oxygen atoms in total. The van der Waals surface area contributed by atoms with Crippen LogP contribution < -0.4 is 10.5 Å². The summed E-state index contributed by atoms with van der Waals surface area (Å²) in [6.07, 6.45) is 2.04. The van der Waals surface area contributed by atoms with Crippen LogP contribution in [0.2, 0.25) is 0 Å². The lowest BCUT2D eigenvalue weighted by atomic mass is 9.95. The molecule has 0 saturated heterocycles. The summed E-state index contributed by atoms with van der Waals surface area (Å²) in [6, 6.07) is 21.6. The maximum atomic E-state index is 15.2. The number of thioether (sulfide) groups is 1. The van der Waals surface area contributed by atoms with E-state index < -0.39 is 27.3 Å². The topological polar surface area (TPSA) is 127 Å². The maximum absolute atomic E-state index is 15.2. The number of rotatable bonds is 8. The summed E-state index contributed by atoms with van der Waals surface area (Å²) in [5.41, 5.74) is 5.21. The van der Waals surface area contributed by atoms with Crippen molar-refractivity contribution in [2.45, 2.75) is 35.6 Å². The van der Waals surface area contributed by atoms with Crippen LogP contribution in [0.25, 0.3) is 22.4 Å². The molecule has 0 amide bonds. The van der Waals surface area contributed by atoms with Crippen molar-refractivity contribution in [1.82, 2.24) is 15.1 Å². The van der Waals surface area contributed by atoms with E-state index in [-0.39, 0.29) is 22.9 Å². The number of benzene rings is 3. The summed E-state index contributed by atoms with van der Waals surface area (Å²) in [5.74, 6) is -1.53. The summed E-state index contributed by atoms with van der Waals surface area (Å²) in [6.45, 7) is 0. The lowest BCUT2D eigenvalue weighted by Crippen LogP contribution is -2.25. The predicted molar refractivity (Wildman–Crippen MR) is 151 cm³/mol. The van der Waals surface area contributed by atoms with Gasteiger partial charge < -0.3 is 10.4 Å². The maximum Gasteiger partial charge on any atom is 0.352 e. The minimum absolute atomic E-state index is 0.0889. The number of hydrogen-bond donors (Lipinski definition) is 3. The first-order chi connectivity index (χ1) is 19.2. The lowest BCUT2D eigenvalue weighted by Gasteiger charge is -2.16. The molecule has 1 aliphatic carbocycles. The van der Waals surface area contributed by atoms with Gasteiger partial charge in [0.25, 0.3) is 0 Å². The first kappa shape index (κ1) is 26.3. The normalized spacial score (nSPS) is 16.9. The molecule has 1 fully saturated rings. The van der Waals surface area contributed by atoms with Gasteiger partial charge in [0.15, 0.2) is 5.50 Å². The van der Waals surface area contributed by atoms with Crippen LogP contribution in [-0.2, 0) is 21.2 Å². The van der Waals surface area contributed by atoms with Crippen LogP contribution in [0.1, 0.15) is 41.1 Å². The molecule has 6 rings (SSSR count). The van der Waals surface area contributed by atoms with Crippen LogP contribution in [0.3, 0.4) is 0 Å². The molecule has 1 aliphatic heterocycles. The molecule has 1 saturated carbocycles. The molecule has 3 aromatic carbocycles. The fourth-order valence-electron chi connectivity index (χ4n) is 4.94. The van der Waals surface area contributed by atoms with Crippen molar-refractivity contribution in [3.63, 3.8) is 0 Å². The van der Waals surface area contributed by atoms with Gasteiger partial charge in [-0.15, -0.1) is 0 Å².